The van der Waals surface area contributed by atoms with Gasteiger partial charge in [0.2, 0.25) is 15.9 Å². The molecule has 0 spiro atoms. The van der Waals surface area contributed by atoms with Crippen LogP contribution >= 0.6 is 11.8 Å². The Morgan fingerprint density at radius 2 is 1.49 bits per heavy atom. The second-order valence-electron chi connectivity index (χ2n) is 12.3. The number of carbonyl (C=O) groups is 1. The van der Waals surface area contributed by atoms with Gasteiger partial charge in [0.05, 0.1) is 30.3 Å². The molecule has 0 saturated carbocycles. The summed E-state index contributed by atoms with van der Waals surface area (Å²) in [7, 11) is -3.95. The Hall–Kier alpha value is -3.55. The van der Waals surface area contributed by atoms with Crippen LogP contribution < -0.4 is 10.0 Å². The van der Waals surface area contributed by atoms with E-state index in [1.54, 1.807) is 23.9 Å². The monoisotopic (exact) mass is 704 g/mol. The van der Waals surface area contributed by atoms with Gasteiger partial charge in [-0.05, 0) is 47.7 Å². The number of thioether (sulfide) groups is 1. The third kappa shape index (κ3) is 10.0. The molecule has 4 aromatic carbocycles. The smallest absolute Gasteiger partial charge is 0.241 e. The third-order valence-corrected chi connectivity index (χ3v) is 11.1. The molecule has 1 aliphatic rings. The van der Waals surface area contributed by atoms with Crippen LogP contribution in [0.5, 0.6) is 0 Å². The maximum atomic E-state index is 13.5. The van der Waals surface area contributed by atoms with Gasteiger partial charge >= 0.3 is 0 Å². The van der Waals surface area contributed by atoms with E-state index in [1.807, 2.05) is 85.8 Å². The molecule has 1 amide bonds. The van der Waals surface area contributed by atoms with E-state index in [2.05, 4.69) is 17.0 Å². The van der Waals surface area contributed by atoms with Gasteiger partial charge in [0.1, 0.15) is 6.04 Å². The molecule has 5 rings (SSSR count). The van der Waals surface area contributed by atoms with Gasteiger partial charge in [0.15, 0.2) is 6.29 Å². The summed E-state index contributed by atoms with van der Waals surface area (Å²) in [6.45, 7) is 4.24. The van der Waals surface area contributed by atoms with E-state index in [-0.39, 0.29) is 49.2 Å². The molecule has 1 fully saturated rings. The summed E-state index contributed by atoms with van der Waals surface area (Å²) in [6, 6.07) is 30.1. The number of nitrogens with one attached hydrogen (secondary N) is 2. The SMILES string of the molecule is Cc1ccc(S(=O)(=O)N[C@H](Cc2ccccc2)C(=O)NCc2ccc([C@H]3O[C@@H](CSCCO)[C@@H](C)[C@@H](c4ccc(CO)cc4)O3)cc2)cc1. The minimum Gasteiger partial charge on any atom is -0.396 e. The quantitative estimate of drug-likeness (QED) is 0.124. The summed E-state index contributed by atoms with van der Waals surface area (Å²) in [5.74, 6) is 0.932. The van der Waals surface area contributed by atoms with E-state index in [0.717, 1.165) is 33.4 Å². The molecule has 4 aromatic rings. The van der Waals surface area contributed by atoms with Crippen LogP contribution in [0.25, 0.3) is 0 Å². The van der Waals surface area contributed by atoms with Crippen molar-refractivity contribution in [3.05, 3.63) is 137 Å². The first-order valence-corrected chi connectivity index (χ1v) is 19.0. The zero-order chi connectivity index (χ0) is 34.8. The van der Waals surface area contributed by atoms with Gasteiger partial charge in [0, 0.05) is 29.5 Å². The van der Waals surface area contributed by atoms with Crippen molar-refractivity contribution in [1.29, 1.82) is 0 Å². The summed E-state index contributed by atoms with van der Waals surface area (Å²) in [5.41, 5.74) is 5.24. The van der Waals surface area contributed by atoms with E-state index in [4.69, 9.17) is 9.47 Å². The van der Waals surface area contributed by atoms with Gasteiger partial charge in [-0.25, -0.2) is 8.42 Å². The molecule has 0 radical (unpaired) electrons. The molecule has 1 aliphatic heterocycles. The molecular formula is C38H44N2O7S2. The van der Waals surface area contributed by atoms with E-state index >= 15 is 0 Å². The maximum Gasteiger partial charge on any atom is 0.241 e. The standard InChI is InChI=1S/C38H44N2O7S2/c1-26-8-18-33(19-9-26)49(44,45)40-34(22-28-6-4-3-5-7-28)37(43)39-23-29-10-16-32(17-11-29)38-46-35(25-48-21-20-41)27(2)36(47-38)31-14-12-30(24-42)13-15-31/h3-19,27,34-36,38,40-42H,20-25H2,1-2H3,(H,39,43)/t27-,34-,35+,36+,38+/m1/s1. The fourth-order valence-electron chi connectivity index (χ4n) is 5.69. The third-order valence-electron chi connectivity index (χ3n) is 8.59. The second-order valence-corrected chi connectivity index (χ2v) is 15.1. The van der Waals surface area contributed by atoms with Crippen molar-refractivity contribution in [3.8, 4) is 0 Å². The minimum atomic E-state index is -3.95. The number of amides is 1. The highest BCUT2D eigenvalue weighted by Crippen LogP contribution is 2.42. The topological polar surface area (TPSA) is 134 Å². The molecule has 1 heterocycles. The second kappa shape index (κ2) is 17.4. The molecule has 1 saturated heterocycles. The Kier molecular flexibility index (Phi) is 13.0. The van der Waals surface area contributed by atoms with Crippen molar-refractivity contribution in [3.63, 3.8) is 0 Å². The lowest BCUT2D eigenvalue weighted by Crippen LogP contribution is -2.47. The van der Waals surface area contributed by atoms with Crippen LogP contribution in [0.1, 0.15) is 52.7 Å². The average Bonchev–Trinajstić information content (AvgIpc) is 3.12. The predicted octanol–water partition coefficient (Wildman–Crippen LogP) is 5.21. The number of rotatable bonds is 15. The lowest BCUT2D eigenvalue weighted by molar-refractivity contribution is -0.268. The number of sulfonamides is 1. The van der Waals surface area contributed by atoms with Crippen molar-refractivity contribution in [2.24, 2.45) is 5.92 Å². The van der Waals surface area contributed by atoms with Crippen molar-refractivity contribution in [2.45, 2.75) is 62.9 Å². The van der Waals surface area contributed by atoms with Gasteiger partial charge in [-0.15, -0.1) is 0 Å². The fraction of sp³-hybridized carbons (Fsp3) is 0.342. The highest BCUT2D eigenvalue weighted by atomic mass is 32.2. The van der Waals surface area contributed by atoms with Crippen LogP contribution in [0.4, 0.5) is 0 Å². The summed E-state index contributed by atoms with van der Waals surface area (Å²) in [4.78, 5) is 13.6. The Morgan fingerprint density at radius 3 is 2.14 bits per heavy atom. The number of aliphatic hydroxyl groups is 2. The zero-order valence-electron chi connectivity index (χ0n) is 27.7. The summed E-state index contributed by atoms with van der Waals surface area (Å²) >= 11 is 1.63. The molecule has 49 heavy (non-hydrogen) atoms. The van der Waals surface area contributed by atoms with Crippen LogP contribution in [-0.4, -0.2) is 54.8 Å². The average molecular weight is 705 g/mol. The van der Waals surface area contributed by atoms with Gasteiger partial charge < -0.3 is 25.0 Å². The van der Waals surface area contributed by atoms with Gasteiger partial charge in [-0.3, -0.25) is 4.79 Å². The number of ether oxygens (including phenoxy) is 2. The Morgan fingerprint density at radius 1 is 0.837 bits per heavy atom. The summed E-state index contributed by atoms with van der Waals surface area (Å²) in [5, 5.41) is 21.7. The van der Waals surface area contributed by atoms with Crippen molar-refractivity contribution < 1.29 is 32.9 Å². The van der Waals surface area contributed by atoms with Crippen LogP contribution in [-0.2, 0) is 43.9 Å². The maximum absolute atomic E-state index is 13.5. The first-order chi connectivity index (χ1) is 23.7. The van der Waals surface area contributed by atoms with Crippen molar-refractivity contribution in [2.75, 3.05) is 18.1 Å². The van der Waals surface area contributed by atoms with Gasteiger partial charge in [-0.1, -0.05) is 103 Å². The predicted molar refractivity (Wildman–Crippen MR) is 191 cm³/mol. The normalized spacial score (nSPS) is 20.1. The Balaban J connectivity index is 1.27. The number of benzene rings is 4. The molecule has 0 aromatic heterocycles. The van der Waals surface area contributed by atoms with Crippen molar-refractivity contribution in [1.82, 2.24) is 10.0 Å². The van der Waals surface area contributed by atoms with E-state index < -0.39 is 28.3 Å². The molecule has 260 valence electrons. The molecule has 9 nitrogen and oxygen atoms in total. The number of hydrogen-bond donors (Lipinski definition) is 4. The fourth-order valence-corrected chi connectivity index (χ4v) is 7.79. The van der Waals surface area contributed by atoms with E-state index in [1.165, 1.54) is 12.1 Å². The minimum absolute atomic E-state index is 0.0307. The van der Waals surface area contributed by atoms with Crippen molar-refractivity contribution >= 4 is 27.7 Å². The number of carbonyl (C=O) groups excluding carboxylic acids is 1. The zero-order valence-corrected chi connectivity index (χ0v) is 29.3. The molecule has 5 atom stereocenters. The highest BCUT2D eigenvalue weighted by molar-refractivity contribution is 7.99. The summed E-state index contributed by atoms with van der Waals surface area (Å²) < 4.78 is 42.0. The highest BCUT2D eigenvalue weighted by Gasteiger charge is 2.38. The van der Waals surface area contributed by atoms with Gasteiger partial charge in [-0.2, -0.15) is 16.5 Å². The summed E-state index contributed by atoms with van der Waals surface area (Å²) in [6.07, 6.45) is -0.807. The lowest BCUT2D eigenvalue weighted by Gasteiger charge is -2.41. The number of hydrogen-bond acceptors (Lipinski definition) is 8. The largest absolute Gasteiger partial charge is 0.396 e. The first kappa shape index (κ1) is 36.7. The number of aliphatic hydroxyl groups excluding tert-OH is 2. The van der Waals surface area contributed by atoms with E-state index in [9.17, 15) is 23.4 Å². The molecular weight excluding hydrogens is 661 g/mol. The molecule has 0 unspecified atom stereocenters. The molecule has 11 heteroatoms. The molecule has 0 bridgehead atoms. The van der Waals surface area contributed by atoms with E-state index in [0.29, 0.717) is 11.5 Å². The van der Waals surface area contributed by atoms with Crippen LogP contribution in [0, 0.1) is 12.8 Å². The van der Waals surface area contributed by atoms with Crippen LogP contribution in [0.2, 0.25) is 0 Å². The lowest BCUT2D eigenvalue weighted by atomic mass is 9.91. The first-order valence-electron chi connectivity index (χ1n) is 16.4. The van der Waals surface area contributed by atoms with Crippen LogP contribution in [0.15, 0.2) is 108 Å². The van der Waals surface area contributed by atoms with Gasteiger partial charge in [0.25, 0.3) is 0 Å². The molecule has 4 N–H and O–H groups in total. The Bertz CT molecular complexity index is 1740. The Labute approximate surface area is 293 Å². The number of aryl methyl sites for hydroxylation is 1. The van der Waals surface area contributed by atoms with Crippen LogP contribution in [0.3, 0.4) is 0 Å². The molecule has 0 aliphatic carbocycles.